The van der Waals surface area contributed by atoms with Crippen LogP contribution in [0.4, 0.5) is 11.6 Å². The fraction of sp³-hybridized carbons (Fsp3) is 0.500. The van der Waals surface area contributed by atoms with Crippen molar-refractivity contribution in [3.63, 3.8) is 0 Å². The maximum atomic E-state index is 12.6. The van der Waals surface area contributed by atoms with Crippen molar-refractivity contribution in [1.82, 2.24) is 20.0 Å². The van der Waals surface area contributed by atoms with Gasteiger partial charge in [0.05, 0.1) is 13.5 Å². The van der Waals surface area contributed by atoms with Gasteiger partial charge in [0.25, 0.3) is 0 Å². The summed E-state index contributed by atoms with van der Waals surface area (Å²) in [5.74, 6) is 2.80. The quantitative estimate of drug-likeness (QED) is 0.732. The Kier molecular flexibility index (Phi) is 6.32. The Balaban J connectivity index is 1.28. The second-order valence-electron chi connectivity index (χ2n) is 7.93. The highest BCUT2D eigenvalue weighted by molar-refractivity contribution is 5.79. The van der Waals surface area contributed by atoms with Crippen LogP contribution >= 0.6 is 0 Å². The summed E-state index contributed by atoms with van der Waals surface area (Å²) in [6.07, 6.45) is 0.420. The molecule has 1 aromatic carbocycles. The van der Waals surface area contributed by atoms with E-state index in [0.29, 0.717) is 19.5 Å². The predicted molar refractivity (Wildman–Crippen MR) is 117 cm³/mol. The normalized spacial score (nSPS) is 17.9. The molecule has 2 aliphatic rings. The van der Waals surface area contributed by atoms with Crippen LogP contribution in [0.3, 0.4) is 0 Å². The summed E-state index contributed by atoms with van der Waals surface area (Å²) in [6.45, 7) is 7.03. The van der Waals surface area contributed by atoms with Gasteiger partial charge in [-0.3, -0.25) is 4.79 Å². The number of piperazine rings is 2. The zero-order chi connectivity index (χ0) is 20.9. The third-order valence-electron chi connectivity index (χ3n) is 5.93. The van der Waals surface area contributed by atoms with E-state index < -0.39 is 0 Å². The monoisotopic (exact) mass is 410 g/mol. The molecule has 160 valence electrons. The second kappa shape index (κ2) is 9.30. The van der Waals surface area contributed by atoms with Gasteiger partial charge in [-0.1, -0.05) is 12.1 Å². The Labute approximate surface area is 178 Å². The highest BCUT2D eigenvalue weighted by Gasteiger charge is 2.23. The number of aromatic nitrogens is 2. The molecule has 1 aromatic heterocycles. The van der Waals surface area contributed by atoms with E-state index in [1.165, 1.54) is 0 Å². The minimum absolute atomic E-state index is 0.163. The lowest BCUT2D eigenvalue weighted by atomic mass is 10.1. The molecule has 3 heterocycles. The van der Waals surface area contributed by atoms with Gasteiger partial charge in [-0.15, -0.1) is 10.2 Å². The number of likely N-dealkylation sites (N-methyl/N-ethyl adjacent to an activating group) is 1. The van der Waals surface area contributed by atoms with Crippen LogP contribution in [0.1, 0.15) is 5.56 Å². The first-order valence-corrected chi connectivity index (χ1v) is 10.6. The van der Waals surface area contributed by atoms with Crippen LogP contribution in [-0.4, -0.2) is 92.4 Å². The number of nitrogens with zero attached hydrogens (tertiary/aromatic N) is 6. The van der Waals surface area contributed by atoms with E-state index in [0.717, 1.165) is 62.2 Å². The van der Waals surface area contributed by atoms with Crippen molar-refractivity contribution < 1.29 is 9.53 Å². The molecule has 0 bridgehead atoms. The molecule has 0 spiro atoms. The molecule has 0 aliphatic carbocycles. The number of hydrogen-bond acceptors (Lipinski definition) is 7. The van der Waals surface area contributed by atoms with Crippen LogP contribution in [0.25, 0.3) is 0 Å². The van der Waals surface area contributed by atoms with Crippen LogP contribution in [-0.2, 0) is 11.2 Å². The van der Waals surface area contributed by atoms with Gasteiger partial charge in [-0.25, -0.2) is 0 Å². The SMILES string of the molecule is COc1ccc(CC(=O)N2CCN(c3ccc(N4CCN(C)CC4)nn3)CC2)cc1. The second-order valence-corrected chi connectivity index (χ2v) is 7.93. The van der Waals surface area contributed by atoms with Gasteiger partial charge in [0.2, 0.25) is 5.91 Å². The van der Waals surface area contributed by atoms with E-state index in [1.54, 1.807) is 7.11 Å². The van der Waals surface area contributed by atoms with Gasteiger partial charge in [-0.2, -0.15) is 0 Å². The lowest BCUT2D eigenvalue weighted by Gasteiger charge is -2.36. The minimum Gasteiger partial charge on any atom is -0.497 e. The number of benzene rings is 1. The molecule has 0 N–H and O–H groups in total. The molecule has 0 atom stereocenters. The summed E-state index contributed by atoms with van der Waals surface area (Å²) in [5.41, 5.74) is 1.01. The Morgan fingerprint density at radius 1 is 0.833 bits per heavy atom. The number of anilines is 2. The first-order chi connectivity index (χ1) is 14.6. The topological polar surface area (TPSA) is 65.0 Å². The number of methoxy groups -OCH3 is 1. The molecule has 8 heteroatoms. The number of carbonyl (C=O) groups excluding carboxylic acids is 1. The van der Waals surface area contributed by atoms with Gasteiger partial charge in [0, 0.05) is 52.4 Å². The number of ether oxygens (including phenoxy) is 1. The first kappa shape index (κ1) is 20.4. The van der Waals surface area contributed by atoms with E-state index in [4.69, 9.17) is 4.74 Å². The lowest BCUT2D eigenvalue weighted by molar-refractivity contribution is -0.130. The Morgan fingerprint density at radius 3 is 1.87 bits per heavy atom. The molecule has 2 fully saturated rings. The summed E-state index contributed by atoms with van der Waals surface area (Å²) in [6, 6.07) is 11.8. The molecule has 30 heavy (non-hydrogen) atoms. The fourth-order valence-electron chi connectivity index (χ4n) is 3.91. The van der Waals surface area contributed by atoms with Crippen molar-refractivity contribution in [2.45, 2.75) is 6.42 Å². The van der Waals surface area contributed by atoms with E-state index in [9.17, 15) is 4.79 Å². The van der Waals surface area contributed by atoms with Gasteiger partial charge in [0.1, 0.15) is 5.75 Å². The van der Waals surface area contributed by atoms with Crippen molar-refractivity contribution in [3.8, 4) is 5.75 Å². The predicted octanol–water partition coefficient (Wildman–Crippen LogP) is 1.13. The van der Waals surface area contributed by atoms with Crippen molar-refractivity contribution in [3.05, 3.63) is 42.0 Å². The van der Waals surface area contributed by atoms with Crippen molar-refractivity contribution in [2.75, 3.05) is 76.3 Å². The highest BCUT2D eigenvalue weighted by atomic mass is 16.5. The number of amides is 1. The Hall–Kier alpha value is -2.87. The molecule has 1 amide bonds. The molecule has 0 unspecified atom stereocenters. The van der Waals surface area contributed by atoms with Crippen molar-refractivity contribution >= 4 is 17.5 Å². The number of carbonyl (C=O) groups is 1. The maximum Gasteiger partial charge on any atom is 0.227 e. The molecule has 4 rings (SSSR count). The van der Waals surface area contributed by atoms with Crippen molar-refractivity contribution in [1.29, 1.82) is 0 Å². The summed E-state index contributed by atoms with van der Waals surface area (Å²) >= 11 is 0. The standard InChI is InChI=1S/C22H30N6O2/c1-25-9-11-26(12-10-25)20-7-8-21(24-23-20)27-13-15-28(16-14-27)22(29)17-18-3-5-19(30-2)6-4-18/h3-8H,9-17H2,1-2H3. The minimum atomic E-state index is 0.163. The summed E-state index contributed by atoms with van der Waals surface area (Å²) in [4.78, 5) is 21.4. The Morgan fingerprint density at radius 2 is 1.37 bits per heavy atom. The lowest BCUT2D eigenvalue weighted by Crippen LogP contribution is -2.49. The third-order valence-corrected chi connectivity index (χ3v) is 5.93. The van der Waals surface area contributed by atoms with Gasteiger partial charge in [0.15, 0.2) is 11.6 Å². The van der Waals surface area contributed by atoms with Crippen molar-refractivity contribution in [2.24, 2.45) is 0 Å². The molecule has 0 saturated carbocycles. The molecule has 2 saturated heterocycles. The average molecular weight is 411 g/mol. The number of rotatable bonds is 5. The average Bonchev–Trinajstić information content (AvgIpc) is 2.80. The fourth-order valence-corrected chi connectivity index (χ4v) is 3.91. The number of hydrogen-bond donors (Lipinski definition) is 0. The van der Waals surface area contributed by atoms with E-state index in [-0.39, 0.29) is 5.91 Å². The zero-order valence-corrected chi connectivity index (χ0v) is 17.8. The first-order valence-electron chi connectivity index (χ1n) is 10.6. The molecule has 2 aromatic rings. The van der Waals surface area contributed by atoms with Crippen LogP contribution in [0.2, 0.25) is 0 Å². The summed E-state index contributed by atoms with van der Waals surface area (Å²) in [5, 5.41) is 8.91. The van der Waals surface area contributed by atoms with Gasteiger partial charge in [-0.05, 0) is 36.9 Å². The van der Waals surface area contributed by atoms with Crippen LogP contribution in [0.5, 0.6) is 5.75 Å². The highest BCUT2D eigenvalue weighted by Crippen LogP contribution is 2.18. The van der Waals surface area contributed by atoms with Gasteiger partial charge >= 0.3 is 0 Å². The zero-order valence-electron chi connectivity index (χ0n) is 17.8. The van der Waals surface area contributed by atoms with Crippen LogP contribution < -0.4 is 14.5 Å². The van der Waals surface area contributed by atoms with Crippen LogP contribution in [0, 0.1) is 0 Å². The maximum absolute atomic E-state index is 12.6. The van der Waals surface area contributed by atoms with E-state index in [2.05, 4.69) is 44.1 Å². The molecule has 8 nitrogen and oxygen atoms in total. The summed E-state index contributed by atoms with van der Waals surface area (Å²) in [7, 11) is 3.79. The smallest absolute Gasteiger partial charge is 0.227 e. The molecule has 2 aliphatic heterocycles. The third kappa shape index (κ3) is 4.81. The molecular weight excluding hydrogens is 380 g/mol. The largest absolute Gasteiger partial charge is 0.497 e. The van der Waals surface area contributed by atoms with E-state index in [1.807, 2.05) is 29.2 Å². The van der Waals surface area contributed by atoms with Crippen LogP contribution in [0.15, 0.2) is 36.4 Å². The van der Waals surface area contributed by atoms with Gasteiger partial charge < -0.3 is 24.3 Å². The molecular formula is C22H30N6O2. The molecule has 0 radical (unpaired) electrons. The van der Waals surface area contributed by atoms with E-state index >= 15 is 0 Å². The Bertz CT molecular complexity index is 826. The summed E-state index contributed by atoms with van der Waals surface area (Å²) < 4.78 is 5.17.